The third kappa shape index (κ3) is 3.27. The summed E-state index contributed by atoms with van der Waals surface area (Å²) in [6.45, 7) is 5.08. The summed E-state index contributed by atoms with van der Waals surface area (Å²) in [5.41, 5.74) is 0.666. The van der Waals surface area contributed by atoms with Gasteiger partial charge in [-0.25, -0.2) is 0 Å². The number of carbonyl (C=O) groups excluding carboxylic acids is 1. The van der Waals surface area contributed by atoms with Crippen LogP contribution in [0.25, 0.3) is 0 Å². The van der Waals surface area contributed by atoms with Gasteiger partial charge in [0.2, 0.25) is 0 Å². The van der Waals surface area contributed by atoms with Crippen LogP contribution in [0.2, 0.25) is 0 Å². The van der Waals surface area contributed by atoms with Crippen LogP contribution in [0.5, 0.6) is 5.75 Å². The van der Waals surface area contributed by atoms with Crippen LogP contribution in [0.3, 0.4) is 0 Å². The zero-order chi connectivity index (χ0) is 13.0. The molecule has 0 spiro atoms. The molecule has 0 bridgehead atoms. The number of hydrogen-bond acceptors (Lipinski definition) is 4. The number of nitro benzene ring substituents is 1. The lowest BCUT2D eigenvalue weighted by molar-refractivity contribution is -0.386. The third-order valence-corrected chi connectivity index (χ3v) is 2.42. The van der Waals surface area contributed by atoms with Crippen molar-refractivity contribution in [2.45, 2.75) is 33.3 Å². The van der Waals surface area contributed by atoms with Gasteiger partial charge >= 0.3 is 5.69 Å². The van der Waals surface area contributed by atoms with Crippen LogP contribution in [0.15, 0.2) is 18.2 Å². The first-order valence-electron chi connectivity index (χ1n) is 5.40. The van der Waals surface area contributed by atoms with Crippen LogP contribution < -0.4 is 4.74 Å². The Balaban J connectivity index is 2.98. The molecule has 0 saturated heterocycles. The monoisotopic (exact) mass is 237 g/mol. The first-order chi connectivity index (χ1) is 7.95. The molecule has 0 aliphatic carbocycles. The average molecular weight is 237 g/mol. The van der Waals surface area contributed by atoms with Crippen LogP contribution in [0, 0.1) is 17.0 Å². The van der Waals surface area contributed by atoms with E-state index in [0.717, 1.165) is 5.56 Å². The van der Waals surface area contributed by atoms with Gasteiger partial charge in [0.05, 0.1) is 4.92 Å². The van der Waals surface area contributed by atoms with Crippen molar-refractivity contribution >= 4 is 11.5 Å². The number of carbonyl (C=O) groups is 1. The van der Waals surface area contributed by atoms with E-state index in [1.54, 1.807) is 26.8 Å². The van der Waals surface area contributed by atoms with Crippen LogP contribution >= 0.6 is 0 Å². The number of nitrogens with zero attached hydrogens (tertiary/aromatic N) is 1. The first kappa shape index (κ1) is 13.2. The van der Waals surface area contributed by atoms with Crippen molar-refractivity contribution in [2.75, 3.05) is 0 Å². The van der Waals surface area contributed by atoms with Gasteiger partial charge in [0.25, 0.3) is 0 Å². The van der Waals surface area contributed by atoms with Gasteiger partial charge in [-0.05, 0) is 25.5 Å². The molecule has 5 heteroatoms. The molecule has 1 aromatic carbocycles. The van der Waals surface area contributed by atoms with E-state index in [1.165, 1.54) is 12.1 Å². The van der Waals surface area contributed by atoms with Crippen molar-refractivity contribution in [1.82, 2.24) is 0 Å². The molecular weight excluding hydrogens is 222 g/mol. The number of benzene rings is 1. The summed E-state index contributed by atoms with van der Waals surface area (Å²) in [5.74, 6) is 0.0507. The molecule has 0 amide bonds. The summed E-state index contributed by atoms with van der Waals surface area (Å²) in [5, 5.41) is 10.8. The number of nitro groups is 1. The maximum atomic E-state index is 11.4. The van der Waals surface area contributed by atoms with Crippen molar-refractivity contribution in [3.63, 3.8) is 0 Å². The molecule has 0 saturated carbocycles. The summed E-state index contributed by atoms with van der Waals surface area (Å²) in [6, 6.07) is 4.66. The number of rotatable bonds is 5. The summed E-state index contributed by atoms with van der Waals surface area (Å²) in [4.78, 5) is 21.7. The van der Waals surface area contributed by atoms with Crippen molar-refractivity contribution < 1.29 is 14.5 Å². The molecule has 1 atom stereocenters. The van der Waals surface area contributed by atoms with Crippen molar-refractivity contribution in [3.8, 4) is 5.75 Å². The van der Waals surface area contributed by atoms with Gasteiger partial charge in [0, 0.05) is 12.5 Å². The molecule has 1 unspecified atom stereocenters. The van der Waals surface area contributed by atoms with E-state index in [2.05, 4.69) is 0 Å². The van der Waals surface area contributed by atoms with E-state index in [-0.39, 0.29) is 17.2 Å². The Morgan fingerprint density at radius 2 is 2.18 bits per heavy atom. The minimum absolute atomic E-state index is 0.0835. The SMILES string of the molecule is CCC(=O)C(C)Oc1ccc(C)cc1[N+](=O)[O-]. The molecule has 0 heterocycles. The molecule has 92 valence electrons. The van der Waals surface area contributed by atoms with E-state index in [0.29, 0.717) is 6.42 Å². The number of aryl methyl sites for hydroxylation is 1. The highest BCUT2D eigenvalue weighted by Gasteiger charge is 2.20. The second kappa shape index (κ2) is 5.43. The summed E-state index contributed by atoms with van der Waals surface area (Å²) in [7, 11) is 0. The molecular formula is C12H15NO4. The van der Waals surface area contributed by atoms with Gasteiger partial charge in [-0.1, -0.05) is 13.0 Å². The van der Waals surface area contributed by atoms with E-state index in [1.807, 2.05) is 0 Å². The minimum atomic E-state index is -0.665. The zero-order valence-electron chi connectivity index (χ0n) is 10.1. The summed E-state index contributed by atoms with van der Waals surface area (Å²) >= 11 is 0. The fourth-order valence-corrected chi connectivity index (χ4v) is 1.41. The normalized spacial score (nSPS) is 11.9. The lowest BCUT2D eigenvalue weighted by atomic mass is 10.2. The van der Waals surface area contributed by atoms with Gasteiger partial charge in [-0.3, -0.25) is 14.9 Å². The molecule has 1 rings (SSSR count). The lowest BCUT2D eigenvalue weighted by Gasteiger charge is -2.12. The van der Waals surface area contributed by atoms with Crippen LogP contribution in [-0.2, 0) is 4.79 Å². The van der Waals surface area contributed by atoms with Crippen molar-refractivity contribution in [2.24, 2.45) is 0 Å². The Morgan fingerprint density at radius 1 is 1.53 bits per heavy atom. The Labute approximate surface area is 99.5 Å². The number of ether oxygens (including phenoxy) is 1. The standard InChI is InChI=1S/C12H15NO4/c1-4-11(14)9(3)17-12-6-5-8(2)7-10(12)13(15)16/h5-7,9H,4H2,1-3H3. The highest BCUT2D eigenvalue weighted by Crippen LogP contribution is 2.28. The van der Waals surface area contributed by atoms with Crippen LogP contribution in [-0.4, -0.2) is 16.8 Å². The minimum Gasteiger partial charge on any atom is -0.476 e. The second-order valence-electron chi connectivity index (χ2n) is 3.81. The van der Waals surface area contributed by atoms with Gasteiger partial charge in [-0.2, -0.15) is 0 Å². The highest BCUT2D eigenvalue weighted by atomic mass is 16.6. The molecule has 5 nitrogen and oxygen atoms in total. The number of hydrogen-bond donors (Lipinski definition) is 0. The van der Waals surface area contributed by atoms with Gasteiger partial charge in [0.1, 0.15) is 0 Å². The molecule has 0 fully saturated rings. The largest absolute Gasteiger partial charge is 0.476 e. The quantitative estimate of drug-likeness (QED) is 0.583. The molecule has 0 aliphatic heterocycles. The third-order valence-electron chi connectivity index (χ3n) is 2.42. The van der Waals surface area contributed by atoms with E-state index in [9.17, 15) is 14.9 Å². The Kier molecular flexibility index (Phi) is 4.20. The van der Waals surface area contributed by atoms with Gasteiger partial charge in [-0.15, -0.1) is 0 Å². The fraction of sp³-hybridized carbons (Fsp3) is 0.417. The molecule has 1 aromatic rings. The van der Waals surface area contributed by atoms with Gasteiger partial charge in [0.15, 0.2) is 17.6 Å². The molecule has 0 radical (unpaired) electrons. The Hall–Kier alpha value is -1.91. The van der Waals surface area contributed by atoms with Crippen molar-refractivity contribution in [3.05, 3.63) is 33.9 Å². The summed E-state index contributed by atoms with van der Waals surface area (Å²) in [6.07, 6.45) is -0.317. The Morgan fingerprint density at radius 3 is 2.71 bits per heavy atom. The molecule has 0 N–H and O–H groups in total. The van der Waals surface area contributed by atoms with Gasteiger partial charge < -0.3 is 4.74 Å². The first-order valence-corrected chi connectivity index (χ1v) is 5.40. The van der Waals surface area contributed by atoms with E-state index in [4.69, 9.17) is 4.74 Å². The van der Waals surface area contributed by atoms with E-state index < -0.39 is 11.0 Å². The van der Waals surface area contributed by atoms with Crippen LogP contribution in [0.1, 0.15) is 25.8 Å². The second-order valence-corrected chi connectivity index (χ2v) is 3.81. The lowest BCUT2D eigenvalue weighted by Crippen LogP contribution is -2.23. The number of ketones is 1. The highest BCUT2D eigenvalue weighted by molar-refractivity contribution is 5.82. The predicted octanol–water partition coefficient (Wildman–Crippen LogP) is 2.65. The number of Topliss-reactive ketones (excluding diaryl/α,β-unsaturated/α-hetero) is 1. The fourth-order valence-electron chi connectivity index (χ4n) is 1.41. The van der Waals surface area contributed by atoms with Crippen LogP contribution in [0.4, 0.5) is 5.69 Å². The topological polar surface area (TPSA) is 69.4 Å². The summed E-state index contributed by atoms with van der Waals surface area (Å²) < 4.78 is 5.32. The smallest absolute Gasteiger partial charge is 0.311 e. The van der Waals surface area contributed by atoms with Crippen molar-refractivity contribution in [1.29, 1.82) is 0 Å². The van der Waals surface area contributed by atoms with E-state index >= 15 is 0 Å². The maximum Gasteiger partial charge on any atom is 0.311 e. The molecule has 0 aromatic heterocycles. The zero-order valence-corrected chi connectivity index (χ0v) is 10.1. The molecule has 17 heavy (non-hydrogen) atoms. The Bertz CT molecular complexity index is 442. The molecule has 0 aliphatic rings. The predicted molar refractivity (Wildman–Crippen MR) is 63.2 cm³/mol. The maximum absolute atomic E-state index is 11.4. The average Bonchev–Trinajstić information content (AvgIpc) is 2.29.